The molecule has 0 radical (unpaired) electrons. The molecule has 0 aliphatic heterocycles. The van der Waals surface area contributed by atoms with Crippen LogP contribution in [0.1, 0.15) is 29.5 Å². The zero-order chi connectivity index (χ0) is 16.8. The van der Waals surface area contributed by atoms with Gasteiger partial charge in [-0.1, -0.05) is 17.4 Å². The number of nitrogens with one attached hydrogen (secondary N) is 1. The van der Waals surface area contributed by atoms with E-state index in [1.54, 1.807) is 6.92 Å². The fourth-order valence-electron chi connectivity index (χ4n) is 1.83. The van der Waals surface area contributed by atoms with Crippen molar-refractivity contribution in [1.29, 1.82) is 0 Å². The molecule has 1 aromatic heterocycles. The van der Waals surface area contributed by atoms with Gasteiger partial charge in [0.2, 0.25) is 11.0 Å². The number of halogens is 1. The first kappa shape index (κ1) is 17.7. The molecule has 0 bridgehead atoms. The van der Waals surface area contributed by atoms with Crippen LogP contribution in [0.25, 0.3) is 0 Å². The molecule has 1 amide bonds. The largest absolute Gasteiger partial charge is 0.494 e. The number of amides is 1. The van der Waals surface area contributed by atoms with Gasteiger partial charge in [-0.2, -0.15) is 0 Å². The molecule has 2 rings (SSSR count). The Kier molecular flexibility index (Phi) is 6.36. The molecular formula is C16H20ClN3O2S. The van der Waals surface area contributed by atoms with E-state index in [1.807, 2.05) is 12.1 Å². The molecule has 7 heteroatoms. The van der Waals surface area contributed by atoms with Crippen molar-refractivity contribution in [1.82, 2.24) is 10.2 Å². The van der Waals surface area contributed by atoms with Gasteiger partial charge in [-0.3, -0.25) is 10.1 Å². The highest BCUT2D eigenvalue weighted by atomic mass is 35.5. The summed E-state index contributed by atoms with van der Waals surface area (Å²) in [6.45, 7) is 6.38. The van der Waals surface area contributed by atoms with Crippen LogP contribution in [0.5, 0.6) is 5.75 Å². The summed E-state index contributed by atoms with van der Waals surface area (Å²) in [6, 6.07) is 6.08. The lowest BCUT2D eigenvalue weighted by Gasteiger charge is -2.07. The molecule has 1 aromatic carbocycles. The van der Waals surface area contributed by atoms with Crippen LogP contribution in [0.15, 0.2) is 18.2 Å². The molecule has 0 saturated carbocycles. The molecule has 0 fully saturated rings. The maximum Gasteiger partial charge on any atom is 0.243 e. The van der Waals surface area contributed by atoms with E-state index in [0.717, 1.165) is 23.6 Å². The van der Waals surface area contributed by atoms with Crippen LogP contribution >= 0.6 is 22.9 Å². The third kappa shape index (κ3) is 5.48. The fourth-order valence-corrected chi connectivity index (χ4v) is 2.67. The van der Waals surface area contributed by atoms with Crippen molar-refractivity contribution < 1.29 is 9.53 Å². The molecule has 1 heterocycles. The number of aromatic nitrogens is 2. The number of ether oxygens (including phenoxy) is 1. The second-order valence-corrected chi connectivity index (χ2v) is 7.02. The van der Waals surface area contributed by atoms with Gasteiger partial charge in [0, 0.05) is 6.42 Å². The van der Waals surface area contributed by atoms with Crippen LogP contribution in [0.3, 0.4) is 0 Å². The smallest absolute Gasteiger partial charge is 0.243 e. The van der Waals surface area contributed by atoms with Crippen LogP contribution in [0.2, 0.25) is 0 Å². The average molecular weight is 354 g/mol. The van der Waals surface area contributed by atoms with Crippen molar-refractivity contribution in [2.24, 2.45) is 0 Å². The summed E-state index contributed by atoms with van der Waals surface area (Å²) in [7, 11) is 0. The molecule has 0 aliphatic carbocycles. The first-order chi connectivity index (χ1) is 11.0. The maximum absolute atomic E-state index is 11.5. The maximum atomic E-state index is 11.5. The lowest BCUT2D eigenvalue weighted by molar-refractivity contribution is -0.115. The lowest BCUT2D eigenvalue weighted by atomic mass is 10.1. The summed E-state index contributed by atoms with van der Waals surface area (Å²) < 4.78 is 5.74. The topological polar surface area (TPSA) is 64.1 Å². The Morgan fingerprint density at radius 3 is 2.83 bits per heavy atom. The quantitative estimate of drug-likeness (QED) is 0.608. The van der Waals surface area contributed by atoms with Crippen LogP contribution in [-0.2, 0) is 11.2 Å². The first-order valence-electron chi connectivity index (χ1n) is 7.43. The molecule has 1 unspecified atom stereocenters. The Hall–Kier alpha value is -1.66. The minimum absolute atomic E-state index is 0.271. The van der Waals surface area contributed by atoms with Crippen molar-refractivity contribution in [3.8, 4) is 5.75 Å². The summed E-state index contributed by atoms with van der Waals surface area (Å²) in [5, 5.41) is 11.4. The van der Waals surface area contributed by atoms with Crippen molar-refractivity contribution in [2.75, 3.05) is 11.9 Å². The number of hydrogen-bond donors (Lipinski definition) is 1. The van der Waals surface area contributed by atoms with Crippen molar-refractivity contribution in [3.05, 3.63) is 34.3 Å². The predicted molar refractivity (Wildman–Crippen MR) is 93.6 cm³/mol. The standard InChI is InChI=1S/C16H20ClN3O2S/c1-10-6-7-13(9-11(10)2)22-8-4-5-14-19-20-16(23-14)18-15(21)12(3)17/h6-7,9,12H,4-5,8H2,1-3H3,(H,18,20,21). The second-order valence-electron chi connectivity index (χ2n) is 5.30. The monoisotopic (exact) mass is 353 g/mol. The van der Waals surface area contributed by atoms with Gasteiger partial charge in [0.25, 0.3) is 0 Å². The van der Waals surface area contributed by atoms with Crippen LogP contribution in [0, 0.1) is 13.8 Å². The van der Waals surface area contributed by atoms with E-state index in [9.17, 15) is 4.79 Å². The third-order valence-corrected chi connectivity index (χ3v) is 4.44. The third-order valence-electron chi connectivity index (χ3n) is 3.34. The highest BCUT2D eigenvalue weighted by Crippen LogP contribution is 2.19. The van der Waals surface area contributed by atoms with Gasteiger partial charge in [0.1, 0.15) is 16.1 Å². The van der Waals surface area contributed by atoms with Crippen LogP contribution in [-0.4, -0.2) is 28.1 Å². The minimum Gasteiger partial charge on any atom is -0.494 e. The molecule has 1 atom stereocenters. The van der Waals surface area contributed by atoms with E-state index >= 15 is 0 Å². The van der Waals surface area contributed by atoms with E-state index in [2.05, 4.69) is 35.4 Å². The summed E-state index contributed by atoms with van der Waals surface area (Å²) in [4.78, 5) is 11.5. The van der Waals surface area contributed by atoms with Crippen molar-refractivity contribution in [3.63, 3.8) is 0 Å². The van der Waals surface area contributed by atoms with E-state index in [-0.39, 0.29) is 5.91 Å². The predicted octanol–water partition coefficient (Wildman–Crippen LogP) is 3.73. The number of nitrogens with zero attached hydrogens (tertiary/aromatic N) is 2. The summed E-state index contributed by atoms with van der Waals surface area (Å²) in [6.07, 6.45) is 1.59. The molecule has 2 aromatic rings. The number of rotatable bonds is 7. The molecule has 0 aliphatic rings. The van der Waals surface area contributed by atoms with Crippen LogP contribution < -0.4 is 10.1 Å². The Bertz CT molecular complexity index is 673. The molecular weight excluding hydrogens is 334 g/mol. The fraction of sp³-hybridized carbons (Fsp3) is 0.438. The average Bonchev–Trinajstić information content (AvgIpc) is 2.94. The molecule has 0 spiro atoms. The minimum atomic E-state index is -0.589. The Morgan fingerprint density at radius 1 is 1.35 bits per heavy atom. The van der Waals surface area contributed by atoms with Gasteiger partial charge < -0.3 is 4.74 Å². The van der Waals surface area contributed by atoms with E-state index in [4.69, 9.17) is 16.3 Å². The number of carbonyl (C=O) groups is 1. The highest BCUT2D eigenvalue weighted by Gasteiger charge is 2.12. The van der Waals surface area contributed by atoms with Gasteiger partial charge >= 0.3 is 0 Å². The Labute approximate surface area is 145 Å². The normalized spacial score (nSPS) is 12.0. The SMILES string of the molecule is Cc1ccc(OCCCc2nnc(NC(=O)C(C)Cl)s2)cc1C. The number of hydrogen-bond acceptors (Lipinski definition) is 5. The number of aryl methyl sites for hydroxylation is 3. The summed E-state index contributed by atoms with van der Waals surface area (Å²) in [5.41, 5.74) is 2.48. The highest BCUT2D eigenvalue weighted by molar-refractivity contribution is 7.15. The van der Waals surface area contributed by atoms with E-state index in [0.29, 0.717) is 11.7 Å². The summed E-state index contributed by atoms with van der Waals surface area (Å²) >= 11 is 7.06. The number of carbonyl (C=O) groups excluding carboxylic acids is 1. The molecule has 5 nitrogen and oxygen atoms in total. The van der Waals surface area contributed by atoms with Gasteiger partial charge in [-0.05, 0) is 50.5 Å². The van der Waals surface area contributed by atoms with Gasteiger partial charge in [0.05, 0.1) is 6.61 Å². The van der Waals surface area contributed by atoms with Crippen LogP contribution in [0.4, 0.5) is 5.13 Å². The summed E-state index contributed by atoms with van der Waals surface area (Å²) in [5.74, 6) is 0.613. The van der Waals surface area contributed by atoms with Gasteiger partial charge in [-0.15, -0.1) is 21.8 Å². The first-order valence-corrected chi connectivity index (χ1v) is 8.68. The zero-order valence-electron chi connectivity index (χ0n) is 13.4. The number of benzene rings is 1. The number of alkyl halides is 1. The molecule has 0 saturated heterocycles. The molecule has 124 valence electrons. The Balaban J connectivity index is 1.75. The molecule has 1 N–H and O–H groups in total. The van der Waals surface area contributed by atoms with Crippen molar-refractivity contribution in [2.45, 2.75) is 39.0 Å². The second kappa shape index (κ2) is 8.26. The van der Waals surface area contributed by atoms with E-state index < -0.39 is 5.38 Å². The van der Waals surface area contributed by atoms with Gasteiger partial charge in [-0.25, -0.2) is 0 Å². The number of anilines is 1. The van der Waals surface area contributed by atoms with Crippen molar-refractivity contribution >= 4 is 34.0 Å². The lowest BCUT2D eigenvalue weighted by Crippen LogP contribution is -2.20. The Morgan fingerprint density at radius 2 is 2.13 bits per heavy atom. The molecule has 23 heavy (non-hydrogen) atoms. The van der Waals surface area contributed by atoms with E-state index in [1.165, 1.54) is 22.5 Å². The van der Waals surface area contributed by atoms with Gasteiger partial charge in [0.15, 0.2) is 0 Å². The zero-order valence-corrected chi connectivity index (χ0v) is 15.0.